The normalized spacial score (nSPS) is 12.6. The van der Waals surface area contributed by atoms with Gasteiger partial charge in [0.15, 0.2) is 5.82 Å². The highest BCUT2D eigenvalue weighted by Gasteiger charge is 2.14. The van der Waals surface area contributed by atoms with E-state index in [4.69, 9.17) is 10.6 Å². The highest BCUT2D eigenvalue weighted by atomic mass is 79.9. The number of nitrogen functional groups attached to an aromatic ring is 1. The molecule has 2 heterocycles. The molecule has 3 aromatic rings. The summed E-state index contributed by atoms with van der Waals surface area (Å²) in [5.41, 5.74) is 10.0. The third-order valence-corrected chi connectivity index (χ3v) is 5.95. The van der Waals surface area contributed by atoms with Gasteiger partial charge in [0.1, 0.15) is 5.52 Å². The Morgan fingerprint density at radius 3 is 2.86 bits per heavy atom. The average molecular weight is 448 g/mol. The van der Waals surface area contributed by atoms with Gasteiger partial charge in [0.2, 0.25) is 5.91 Å². The number of fused-ring (bicyclic) bond motifs is 3. The second-order valence-electron chi connectivity index (χ2n) is 6.97. The summed E-state index contributed by atoms with van der Waals surface area (Å²) in [6.07, 6.45) is 3.54. The first-order valence-electron chi connectivity index (χ1n) is 9.38. The van der Waals surface area contributed by atoms with E-state index in [9.17, 15) is 4.79 Å². The van der Waals surface area contributed by atoms with E-state index in [0.29, 0.717) is 18.3 Å². The van der Waals surface area contributed by atoms with Gasteiger partial charge < -0.3 is 10.3 Å². The van der Waals surface area contributed by atoms with Crippen molar-refractivity contribution in [1.29, 1.82) is 0 Å². The fourth-order valence-corrected chi connectivity index (χ4v) is 3.73. The van der Waals surface area contributed by atoms with Crippen molar-refractivity contribution in [3.8, 4) is 0 Å². The van der Waals surface area contributed by atoms with Gasteiger partial charge in [0.25, 0.3) is 0 Å². The van der Waals surface area contributed by atoms with Gasteiger partial charge in [-0.25, -0.2) is 15.0 Å². The molecule has 0 saturated carbocycles. The van der Waals surface area contributed by atoms with Gasteiger partial charge in [-0.15, -0.1) is 0 Å². The van der Waals surface area contributed by atoms with Crippen LogP contribution < -0.4 is 5.73 Å². The Balaban J connectivity index is 1.86. The number of nitrogens with zero attached hydrogens (tertiary/aromatic N) is 4. The van der Waals surface area contributed by atoms with Gasteiger partial charge in [0.05, 0.1) is 24.5 Å². The van der Waals surface area contributed by atoms with Crippen molar-refractivity contribution in [2.24, 2.45) is 0 Å². The second kappa shape index (κ2) is 8.87. The number of aromatic nitrogens is 3. The maximum atomic E-state index is 11.4. The largest absolute Gasteiger partial charge is 0.382 e. The van der Waals surface area contributed by atoms with E-state index in [1.807, 2.05) is 6.33 Å². The Kier molecular flexibility index (Phi) is 6.51. The topological polar surface area (TPSA) is 86.3 Å². The zero-order chi connectivity index (χ0) is 20.3. The van der Waals surface area contributed by atoms with E-state index in [-0.39, 0.29) is 5.91 Å². The number of hydrogen-bond donors (Lipinski definition) is 1. The summed E-state index contributed by atoms with van der Waals surface area (Å²) in [6.45, 7) is 5.02. The van der Waals surface area contributed by atoms with Gasteiger partial charge in [-0.2, -0.15) is 0 Å². The molecule has 3 rings (SSSR count). The van der Waals surface area contributed by atoms with E-state index in [2.05, 4.69) is 55.6 Å². The van der Waals surface area contributed by atoms with Gasteiger partial charge in [0, 0.05) is 30.7 Å². The number of benzene rings is 1. The summed E-state index contributed by atoms with van der Waals surface area (Å²) in [4.78, 5) is 25.5. The summed E-state index contributed by atoms with van der Waals surface area (Å²) in [6, 6.07) is 6.36. The van der Waals surface area contributed by atoms with Crippen molar-refractivity contribution in [1.82, 2.24) is 19.6 Å². The number of alkyl halides is 1. The number of hydrogen-bond acceptors (Lipinski definition) is 5. The first-order chi connectivity index (χ1) is 13.5. The molecule has 0 spiro atoms. The van der Waals surface area contributed by atoms with E-state index in [0.717, 1.165) is 46.7 Å². The van der Waals surface area contributed by atoms with Gasteiger partial charge in [-0.1, -0.05) is 35.0 Å². The number of hydroxylamine groups is 2. The fourth-order valence-electron chi connectivity index (χ4n) is 3.36. The molecule has 2 N–H and O–H groups in total. The molecule has 1 unspecified atom stereocenters. The molecule has 0 aliphatic carbocycles. The van der Waals surface area contributed by atoms with Crippen LogP contribution in [0.15, 0.2) is 24.5 Å². The molecule has 1 amide bonds. The number of halogens is 1. The third kappa shape index (κ3) is 4.12. The number of nitrogens with two attached hydrogens (primary N) is 1. The van der Waals surface area contributed by atoms with Crippen LogP contribution in [0.3, 0.4) is 0 Å². The number of aryl methyl sites for hydroxylation is 1. The molecule has 0 aliphatic rings. The van der Waals surface area contributed by atoms with Crippen LogP contribution in [0.5, 0.6) is 0 Å². The highest BCUT2D eigenvalue weighted by Crippen LogP contribution is 2.30. The molecule has 2 aromatic heterocycles. The first kappa shape index (κ1) is 20.5. The molecular formula is C20H26BrN5O2. The first-order valence-corrected chi connectivity index (χ1v) is 10.5. The van der Waals surface area contributed by atoms with Crippen molar-refractivity contribution < 1.29 is 9.63 Å². The van der Waals surface area contributed by atoms with E-state index in [1.54, 1.807) is 0 Å². The number of amides is 1. The lowest BCUT2D eigenvalue weighted by Crippen LogP contribution is -2.28. The van der Waals surface area contributed by atoms with Crippen molar-refractivity contribution >= 4 is 49.6 Å². The van der Waals surface area contributed by atoms with Crippen LogP contribution in [0.25, 0.3) is 21.9 Å². The number of carbonyl (C=O) groups is 1. The van der Waals surface area contributed by atoms with Crippen LogP contribution in [-0.4, -0.2) is 44.5 Å². The highest BCUT2D eigenvalue weighted by molar-refractivity contribution is 9.09. The Hall–Kier alpha value is -2.19. The van der Waals surface area contributed by atoms with Crippen molar-refractivity contribution in [3.05, 3.63) is 30.1 Å². The van der Waals surface area contributed by atoms with Gasteiger partial charge in [-0.05, 0) is 30.4 Å². The molecule has 28 heavy (non-hydrogen) atoms. The van der Waals surface area contributed by atoms with Crippen molar-refractivity contribution in [2.75, 3.05) is 24.7 Å². The quantitative estimate of drug-likeness (QED) is 0.321. The predicted molar refractivity (Wildman–Crippen MR) is 115 cm³/mol. The van der Waals surface area contributed by atoms with Crippen LogP contribution in [0.2, 0.25) is 0 Å². The number of imidazole rings is 1. The van der Waals surface area contributed by atoms with Crippen LogP contribution in [0.1, 0.15) is 38.2 Å². The maximum absolute atomic E-state index is 11.4. The lowest BCUT2D eigenvalue weighted by atomic mass is 10.0. The van der Waals surface area contributed by atoms with Gasteiger partial charge in [-0.3, -0.25) is 9.63 Å². The summed E-state index contributed by atoms with van der Waals surface area (Å²) in [7, 11) is 1.51. The van der Waals surface area contributed by atoms with Crippen LogP contribution in [-0.2, 0) is 16.2 Å². The zero-order valence-corrected chi connectivity index (χ0v) is 18.1. The number of carbonyl (C=O) groups excluding carboxylic acids is 1. The molecule has 0 bridgehead atoms. The second-order valence-corrected chi connectivity index (χ2v) is 7.62. The lowest BCUT2D eigenvalue weighted by Gasteiger charge is -2.17. The van der Waals surface area contributed by atoms with Crippen LogP contribution in [0.4, 0.5) is 5.82 Å². The Bertz CT molecular complexity index is 988. The van der Waals surface area contributed by atoms with E-state index < -0.39 is 0 Å². The lowest BCUT2D eigenvalue weighted by molar-refractivity contribution is -0.173. The molecule has 0 aliphatic heterocycles. The molecule has 1 aromatic carbocycles. The molecule has 7 nitrogen and oxygen atoms in total. The molecule has 1 atom stereocenters. The summed E-state index contributed by atoms with van der Waals surface area (Å²) >= 11 is 3.54. The summed E-state index contributed by atoms with van der Waals surface area (Å²) < 4.78 is 2.12. The predicted octanol–water partition coefficient (Wildman–Crippen LogP) is 3.86. The van der Waals surface area contributed by atoms with E-state index >= 15 is 0 Å². The van der Waals surface area contributed by atoms with Crippen LogP contribution in [0, 0.1) is 0 Å². The number of unbranched alkanes of at least 4 members (excludes halogenated alkanes) is 1. The van der Waals surface area contributed by atoms with Gasteiger partial charge >= 0.3 is 0 Å². The maximum Gasteiger partial charge on any atom is 0.242 e. The number of anilines is 1. The minimum absolute atomic E-state index is 0.0889. The number of rotatable bonds is 8. The van der Waals surface area contributed by atoms with E-state index in [1.165, 1.54) is 24.7 Å². The smallest absolute Gasteiger partial charge is 0.242 e. The molecular weight excluding hydrogens is 422 g/mol. The van der Waals surface area contributed by atoms with Crippen molar-refractivity contribution in [2.45, 2.75) is 39.2 Å². The average Bonchev–Trinajstić information content (AvgIpc) is 3.11. The Labute approximate surface area is 172 Å². The SMILES string of the molecule is CON(CCCCn1cnc2c(N)nc3cc(C(C)CBr)ccc3c21)C(C)=O. The standard InChI is InChI=1S/C20H26BrN5O2/c1-13(11-21)15-6-7-16-17(10-15)24-20(22)18-19(16)25(12-23-18)8-4-5-9-26(28-3)14(2)27/h6-7,10,12-13H,4-5,8-9,11H2,1-3H3,(H2,22,24). The van der Waals surface area contributed by atoms with Crippen LogP contribution >= 0.6 is 15.9 Å². The fraction of sp³-hybridized carbons (Fsp3) is 0.450. The third-order valence-electron chi connectivity index (χ3n) is 4.98. The molecule has 0 saturated heterocycles. The monoisotopic (exact) mass is 447 g/mol. The zero-order valence-electron chi connectivity index (χ0n) is 16.5. The molecule has 0 radical (unpaired) electrons. The number of pyridine rings is 1. The molecule has 150 valence electrons. The molecule has 8 heteroatoms. The minimum Gasteiger partial charge on any atom is -0.382 e. The van der Waals surface area contributed by atoms with Crippen molar-refractivity contribution in [3.63, 3.8) is 0 Å². The summed E-state index contributed by atoms with van der Waals surface area (Å²) in [5.74, 6) is 0.763. The molecule has 0 fully saturated rings. The summed E-state index contributed by atoms with van der Waals surface area (Å²) in [5, 5.41) is 3.32. The Morgan fingerprint density at radius 1 is 1.39 bits per heavy atom. The minimum atomic E-state index is -0.0889. The Morgan fingerprint density at radius 2 is 2.18 bits per heavy atom.